The third-order valence-electron chi connectivity index (χ3n) is 5.10. The molecule has 1 aliphatic heterocycles. The first-order valence-electron chi connectivity index (χ1n) is 9.12. The molecule has 0 radical (unpaired) electrons. The maximum absolute atomic E-state index is 13.3. The molecule has 0 N–H and O–H groups in total. The van der Waals surface area contributed by atoms with Gasteiger partial charge in [-0.15, -0.1) is 0 Å². The molecule has 1 amide bonds. The first-order valence-corrected chi connectivity index (χ1v) is 9.50. The second-order valence-electron chi connectivity index (χ2n) is 7.12. The second-order valence-corrected chi connectivity index (χ2v) is 7.52. The lowest BCUT2D eigenvalue weighted by molar-refractivity contribution is -0.131. The summed E-state index contributed by atoms with van der Waals surface area (Å²) in [6.07, 6.45) is 2.38. The molecule has 1 heterocycles. The molecule has 6 heteroatoms. The minimum atomic E-state index is -0.270. The van der Waals surface area contributed by atoms with Crippen molar-refractivity contribution in [3.63, 3.8) is 0 Å². The Morgan fingerprint density at radius 1 is 1.22 bits per heavy atom. The first-order chi connectivity index (χ1) is 13.0. The van der Waals surface area contributed by atoms with Crippen LogP contribution in [0.15, 0.2) is 36.4 Å². The van der Waals surface area contributed by atoms with Gasteiger partial charge in [0.1, 0.15) is 19.0 Å². The van der Waals surface area contributed by atoms with Gasteiger partial charge in [-0.1, -0.05) is 23.7 Å². The van der Waals surface area contributed by atoms with Crippen LogP contribution < -0.4 is 9.47 Å². The van der Waals surface area contributed by atoms with Crippen molar-refractivity contribution in [1.82, 2.24) is 4.90 Å². The lowest BCUT2D eigenvalue weighted by atomic mass is 10.00. The molecule has 27 heavy (non-hydrogen) atoms. The number of rotatable bonds is 5. The van der Waals surface area contributed by atoms with Crippen LogP contribution in [0.5, 0.6) is 11.5 Å². The molecule has 1 fully saturated rings. The summed E-state index contributed by atoms with van der Waals surface area (Å²) in [6, 6.07) is 9.96. The Hall–Kier alpha value is -2.27. The highest BCUT2D eigenvalue weighted by Gasteiger charge is 2.36. The van der Waals surface area contributed by atoms with Crippen molar-refractivity contribution in [2.45, 2.75) is 25.3 Å². The zero-order valence-electron chi connectivity index (χ0n) is 15.1. The van der Waals surface area contributed by atoms with Crippen LogP contribution in [0.25, 0.3) is 0 Å². The molecule has 142 valence electrons. The molecule has 2 aliphatic rings. The van der Waals surface area contributed by atoms with Gasteiger partial charge in [0, 0.05) is 7.05 Å². The molecule has 0 unspecified atom stereocenters. The number of carbonyl (C=O) groups excluding carboxylic acids is 1. The summed E-state index contributed by atoms with van der Waals surface area (Å²) >= 11 is 6.28. The number of halogens is 2. The molecule has 2 aromatic carbocycles. The number of ether oxygens (including phenoxy) is 2. The van der Waals surface area contributed by atoms with Crippen molar-refractivity contribution in [3.8, 4) is 11.5 Å². The van der Waals surface area contributed by atoms with E-state index in [9.17, 15) is 9.18 Å². The number of likely N-dealkylation sites (N-methyl/N-ethyl adjacent to an activating group) is 1. The van der Waals surface area contributed by atoms with E-state index in [4.69, 9.17) is 21.1 Å². The molecular formula is C21H21ClFNO3. The summed E-state index contributed by atoms with van der Waals surface area (Å²) in [7, 11) is 1.81. The van der Waals surface area contributed by atoms with Crippen LogP contribution >= 0.6 is 11.6 Å². The molecule has 0 spiro atoms. The Balaban J connectivity index is 1.53. The van der Waals surface area contributed by atoms with Gasteiger partial charge in [0.15, 0.2) is 11.5 Å². The van der Waals surface area contributed by atoms with Crippen molar-refractivity contribution in [1.29, 1.82) is 0 Å². The Morgan fingerprint density at radius 3 is 2.63 bits per heavy atom. The number of carbonyl (C=O) groups is 1. The predicted molar refractivity (Wildman–Crippen MR) is 101 cm³/mol. The van der Waals surface area contributed by atoms with Crippen LogP contribution in [0, 0.1) is 11.7 Å². The molecule has 4 rings (SSSR count). The zero-order valence-corrected chi connectivity index (χ0v) is 15.8. The smallest absolute Gasteiger partial charge is 0.227 e. The van der Waals surface area contributed by atoms with Gasteiger partial charge in [0.2, 0.25) is 5.91 Å². The van der Waals surface area contributed by atoms with Gasteiger partial charge in [-0.25, -0.2) is 4.39 Å². The van der Waals surface area contributed by atoms with Crippen LogP contribution in [0.2, 0.25) is 5.02 Å². The van der Waals surface area contributed by atoms with Crippen molar-refractivity contribution in [2.24, 2.45) is 5.92 Å². The minimum Gasteiger partial charge on any atom is -0.486 e. The monoisotopic (exact) mass is 389 g/mol. The molecule has 2 aromatic rings. The molecule has 4 nitrogen and oxygen atoms in total. The lowest BCUT2D eigenvalue weighted by Gasteiger charge is -2.29. The highest BCUT2D eigenvalue weighted by molar-refractivity contribution is 6.32. The lowest BCUT2D eigenvalue weighted by Crippen LogP contribution is -2.33. The van der Waals surface area contributed by atoms with Crippen LogP contribution in [0.1, 0.15) is 30.0 Å². The van der Waals surface area contributed by atoms with Crippen molar-refractivity contribution in [3.05, 3.63) is 58.4 Å². The maximum atomic E-state index is 13.3. The third kappa shape index (κ3) is 3.88. The maximum Gasteiger partial charge on any atom is 0.227 e. The minimum absolute atomic E-state index is 0.0102. The van der Waals surface area contributed by atoms with E-state index < -0.39 is 0 Å². The molecular weight excluding hydrogens is 369 g/mol. The number of nitrogens with zero attached hydrogens (tertiary/aromatic N) is 1. The van der Waals surface area contributed by atoms with Crippen molar-refractivity contribution >= 4 is 17.5 Å². The average molecular weight is 390 g/mol. The van der Waals surface area contributed by atoms with Gasteiger partial charge in [-0.05, 0) is 54.2 Å². The number of benzene rings is 2. The quantitative estimate of drug-likeness (QED) is 0.760. The van der Waals surface area contributed by atoms with Gasteiger partial charge in [0.05, 0.1) is 17.5 Å². The normalized spacial score (nSPS) is 16.7. The predicted octanol–water partition coefficient (Wildman–Crippen LogP) is 4.40. The van der Waals surface area contributed by atoms with Gasteiger partial charge in [0.25, 0.3) is 0 Å². The Labute approximate surface area is 162 Å². The van der Waals surface area contributed by atoms with Crippen LogP contribution in [-0.4, -0.2) is 31.1 Å². The third-order valence-corrected chi connectivity index (χ3v) is 5.38. The second kappa shape index (κ2) is 7.39. The fourth-order valence-corrected chi connectivity index (χ4v) is 3.89. The van der Waals surface area contributed by atoms with E-state index in [1.54, 1.807) is 23.1 Å². The number of amides is 1. The standard InChI is InChI=1S/C21H21ClFNO3/c1-24(20(14-2-3-14)15-4-6-16(23)7-5-15)19(25)12-13-10-17(22)21-18(11-13)26-8-9-27-21/h4-7,10-11,14,20H,2-3,8-9,12H2,1H3/t20-/m0/s1. The number of hydrogen-bond donors (Lipinski definition) is 0. The fourth-order valence-electron chi connectivity index (χ4n) is 3.60. The summed E-state index contributed by atoms with van der Waals surface area (Å²) in [5.74, 6) is 1.26. The van der Waals surface area contributed by atoms with E-state index in [1.165, 1.54) is 12.1 Å². The number of hydrogen-bond acceptors (Lipinski definition) is 3. The Morgan fingerprint density at radius 2 is 1.93 bits per heavy atom. The van der Waals surface area contributed by atoms with E-state index in [0.29, 0.717) is 35.7 Å². The Kier molecular flexibility index (Phi) is 4.96. The van der Waals surface area contributed by atoms with Crippen molar-refractivity contribution in [2.75, 3.05) is 20.3 Å². The summed E-state index contributed by atoms with van der Waals surface area (Å²) in [4.78, 5) is 14.7. The van der Waals surface area contributed by atoms with Crippen LogP contribution in [0.3, 0.4) is 0 Å². The van der Waals surface area contributed by atoms with Crippen molar-refractivity contribution < 1.29 is 18.7 Å². The highest BCUT2D eigenvalue weighted by Crippen LogP contribution is 2.44. The average Bonchev–Trinajstić information content (AvgIpc) is 3.48. The van der Waals surface area contributed by atoms with Gasteiger partial charge in [-0.2, -0.15) is 0 Å². The molecule has 0 saturated heterocycles. The molecule has 1 saturated carbocycles. The van der Waals surface area contributed by atoms with Gasteiger partial charge < -0.3 is 14.4 Å². The van der Waals surface area contributed by atoms with E-state index in [2.05, 4.69) is 0 Å². The molecule has 1 atom stereocenters. The Bertz CT molecular complexity index is 851. The summed E-state index contributed by atoms with van der Waals surface area (Å²) in [5.41, 5.74) is 1.75. The van der Waals surface area contributed by atoms with Crippen LogP contribution in [-0.2, 0) is 11.2 Å². The summed E-state index contributed by atoms with van der Waals surface area (Å²) < 4.78 is 24.4. The van der Waals surface area contributed by atoms with Gasteiger partial charge >= 0.3 is 0 Å². The summed E-state index contributed by atoms with van der Waals surface area (Å²) in [6.45, 7) is 0.934. The first kappa shape index (κ1) is 18.1. The SMILES string of the molecule is CN(C(=O)Cc1cc(Cl)c2c(c1)OCCO2)[C@H](c1ccc(F)cc1)C1CC1. The molecule has 0 bridgehead atoms. The number of fused-ring (bicyclic) bond motifs is 1. The largest absolute Gasteiger partial charge is 0.486 e. The van der Waals surface area contributed by atoms with E-state index in [0.717, 1.165) is 24.0 Å². The fraction of sp³-hybridized carbons (Fsp3) is 0.381. The van der Waals surface area contributed by atoms with E-state index in [-0.39, 0.29) is 24.2 Å². The van der Waals surface area contributed by atoms with E-state index in [1.807, 2.05) is 13.1 Å². The topological polar surface area (TPSA) is 38.8 Å². The summed E-state index contributed by atoms with van der Waals surface area (Å²) in [5, 5.41) is 0.454. The van der Waals surface area contributed by atoms with E-state index >= 15 is 0 Å². The highest BCUT2D eigenvalue weighted by atomic mass is 35.5. The van der Waals surface area contributed by atoms with Gasteiger partial charge in [-0.3, -0.25) is 4.79 Å². The zero-order chi connectivity index (χ0) is 19.0. The van der Waals surface area contributed by atoms with Crippen LogP contribution in [0.4, 0.5) is 4.39 Å². The molecule has 0 aromatic heterocycles. The molecule has 1 aliphatic carbocycles.